The summed E-state index contributed by atoms with van der Waals surface area (Å²) in [4.78, 5) is 9.08. The van der Waals surface area contributed by atoms with Gasteiger partial charge in [0.15, 0.2) is 15.7 Å². The van der Waals surface area contributed by atoms with Gasteiger partial charge in [-0.25, -0.2) is 22.8 Å². The number of nitrogens with zero attached hydrogens (tertiary/aromatic N) is 3. The quantitative estimate of drug-likeness (QED) is 0.536. The first-order valence-corrected chi connectivity index (χ1v) is 10.3. The summed E-state index contributed by atoms with van der Waals surface area (Å²) in [5.74, 6) is 1.13. The van der Waals surface area contributed by atoms with Crippen molar-refractivity contribution in [2.45, 2.75) is 11.3 Å². The molecule has 2 aromatic heterocycles. The van der Waals surface area contributed by atoms with Gasteiger partial charge in [0.1, 0.15) is 17.5 Å². The Morgan fingerprint density at radius 2 is 2.03 bits per heavy atom. The van der Waals surface area contributed by atoms with Gasteiger partial charge in [0.2, 0.25) is 0 Å². The summed E-state index contributed by atoms with van der Waals surface area (Å²) < 4.78 is 37.7. The zero-order valence-corrected chi connectivity index (χ0v) is 15.7. The molecule has 4 aromatic rings. The predicted molar refractivity (Wildman–Crippen MR) is 107 cm³/mol. The van der Waals surface area contributed by atoms with Crippen molar-refractivity contribution in [1.29, 1.82) is 0 Å². The van der Waals surface area contributed by atoms with Crippen LogP contribution in [0.2, 0.25) is 0 Å². The molecule has 2 N–H and O–H groups in total. The lowest BCUT2D eigenvalue weighted by atomic mass is 10.0. The molecule has 0 atom stereocenters. The average Bonchev–Trinajstić information content (AvgIpc) is 3.23. The highest BCUT2D eigenvalue weighted by molar-refractivity contribution is 7.94. The Morgan fingerprint density at radius 1 is 1.14 bits per heavy atom. The van der Waals surface area contributed by atoms with Crippen LogP contribution < -0.4 is 5.32 Å². The molecule has 0 unspecified atom stereocenters. The van der Waals surface area contributed by atoms with Crippen molar-refractivity contribution in [3.05, 3.63) is 76.8 Å². The molecule has 0 radical (unpaired) electrons. The lowest BCUT2D eigenvalue weighted by Crippen LogP contribution is -2.03. The van der Waals surface area contributed by atoms with Gasteiger partial charge in [0, 0.05) is 23.4 Å². The Hall–Kier alpha value is -3.59. The van der Waals surface area contributed by atoms with Crippen molar-refractivity contribution < 1.29 is 12.8 Å². The first kappa shape index (κ1) is 17.5. The molecule has 0 amide bonds. The fourth-order valence-corrected chi connectivity index (χ4v) is 4.57. The Balaban J connectivity index is 1.45. The molecular formula is C20H14FN5O2S. The molecule has 0 aliphatic carbocycles. The lowest BCUT2D eigenvalue weighted by Gasteiger charge is -2.08. The van der Waals surface area contributed by atoms with Gasteiger partial charge in [-0.1, -0.05) is 12.1 Å². The second-order valence-electron chi connectivity index (χ2n) is 6.60. The Bertz CT molecular complexity index is 1400. The van der Waals surface area contributed by atoms with E-state index < -0.39 is 9.84 Å². The van der Waals surface area contributed by atoms with Crippen molar-refractivity contribution in [3.63, 3.8) is 0 Å². The number of rotatable bonds is 4. The minimum absolute atomic E-state index is 0.300. The summed E-state index contributed by atoms with van der Waals surface area (Å²) >= 11 is 0. The van der Waals surface area contributed by atoms with Crippen LogP contribution in [0.1, 0.15) is 17.0 Å². The van der Waals surface area contributed by atoms with Crippen LogP contribution in [0.3, 0.4) is 0 Å². The summed E-state index contributed by atoms with van der Waals surface area (Å²) in [6.45, 7) is 0. The van der Waals surface area contributed by atoms with Gasteiger partial charge in [-0.2, -0.15) is 5.10 Å². The Morgan fingerprint density at radius 3 is 2.93 bits per heavy atom. The average molecular weight is 407 g/mol. The summed E-state index contributed by atoms with van der Waals surface area (Å²) in [6, 6.07) is 11.2. The van der Waals surface area contributed by atoms with E-state index in [0.29, 0.717) is 45.2 Å². The number of nitrogens with one attached hydrogen (secondary N) is 2. The van der Waals surface area contributed by atoms with Gasteiger partial charge in [0.05, 0.1) is 10.4 Å². The molecule has 0 spiro atoms. The van der Waals surface area contributed by atoms with E-state index in [-0.39, 0.29) is 5.82 Å². The molecule has 3 heterocycles. The predicted octanol–water partition coefficient (Wildman–Crippen LogP) is 3.58. The maximum atomic E-state index is 13.6. The second-order valence-corrected chi connectivity index (χ2v) is 8.40. The zero-order chi connectivity index (χ0) is 20.0. The van der Waals surface area contributed by atoms with Gasteiger partial charge < -0.3 is 5.32 Å². The Labute approximate surface area is 165 Å². The normalized spacial score (nSPS) is 14.2. The van der Waals surface area contributed by atoms with E-state index in [1.54, 1.807) is 36.5 Å². The smallest absolute Gasteiger partial charge is 0.200 e. The summed E-state index contributed by atoms with van der Waals surface area (Å²) in [5, 5.41) is 11.9. The van der Waals surface area contributed by atoms with Crippen LogP contribution in [-0.4, -0.2) is 28.6 Å². The van der Waals surface area contributed by atoms with Crippen molar-refractivity contribution in [2.75, 3.05) is 5.32 Å². The van der Waals surface area contributed by atoms with Gasteiger partial charge in [-0.05, 0) is 47.5 Å². The van der Waals surface area contributed by atoms with Crippen molar-refractivity contribution in [2.24, 2.45) is 0 Å². The number of aromatic amines is 1. The van der Waals surface area contributed by atoms with Crippen molar-refractivity contribution in [1.82, 2.24) is 20.2 Å². The molecule has 9 heteroatoms. The molecule has 0 saturated carbocycles. The highest BCUT2D eigenvalue weighted by Crippen LogP contribution is 2.30. The second kappa shape index (κ2) is 6.49. The van der Waals surface area contributed by atoms with Crippen LogP contribution in [0.15, 0.2) is 59.0 Å². The lowest BCUT2D eigenvalue weighted by molar-refractivity contribution is 0.605. The first-order chi connectivity index (χ1) is 14.0. The minimum atomic E-state index is -3.36. The molecule has 5 rings (SSSR count). The summed E-state index contributed by atoms with van der Waals surface area (Å²) in [7, 11) is -3.36. The third-order valence-electron chi connectivity index (χ3n) is 4.70. The van der Waals surface area contributed by atoms with E-state index >= 15 is 0 Å². The van der Waals surface area contributed by atoms with E-state index in [2.05, 4.69) is 25.5 Å². The maximum absolute atomic E-state index is 13.6. The largest absolute Gasteiger partial charge is 0.323 e. The molecule has 29 heavy (non-hydrogen) atoms. The van der Waals surface area contributed by atoms with Crippen LogP contribution in [0, 0.1) is 5.82 Å². The molecular weight excluding hydrogens is 393 g/mol. The monoisotopic (exact) mass is 407 g/mol. The minimum Gasteiger partial charge on any atom is -0.323 e. The maximum Gasteiger partial charge on any atom is 0.200 e. The molecule has 7 nitrogen and oxygen atoms in total. The number of aromatic nitrogens is 4. The number of anilines is 2. The molecule has 0 saturated heterocycles. The number of H-pyrrole nitrogens is 1. The highest BCUT2D eigenvalue weighted by atomic mass is 32.2. The molecule has 0 bridgehead atoms. The first-order valence-electron chi connectivity index (χ1n) is 8.77. The number of fused-ring (bicyclic) bond motifs is 2. The molecule has 144 valence electrons. The summed E-state index contributed by atoms with van der Waals surface area (Å²) in [6.07, 6.45) is 3.58. The van der Waals surface area contributed by atoms with E-state index in [9.17, 15) is 12.8 Å². The number of halogens is 1. The van der Waals surface area contributed by atoms with E-state index in [1.807, 2.05) is 6.07 Å². The standard InChI is InChI=1S/C20H14FN5O2S/c21-13-4-5-16-15(11-13)20(26-25-16)24-18-6-8-22-19(23-18)10-12-2-1-3-17-14(12)7-9-29(17,27)28/h1-9,11H,10H2,(H2,22,23,24,25,26). The summed E-state index contributed by atoms with van der Waals surface area (Å²) in [5.41, 5.74) is 2.20. The number of benzene rings is 2. The molecule has 2 aromatic carbocycles. The Kier molecular flexibility index (Phi) is 3.92. The number of hydrogen-bond acceptors (Lipinski definition) is 6. The van der Waals surface area contributed by atoms with Crippen molar-refractivity contribution in [3.8, 4) is 0 Å². The topological polar surface area (TPSA) is 101 Å². The third kappa shape index (κ3) is 3.15. The van der Waals surface area contributed by atoms with Gasteiger partial charge in [-0.15, -0.1) is 0 Å². The van der Waals surface area contributed by atoms with Crippen LogP contribution in [-0.2, 0) is 16.3 Å². The highest BCUT2D eigenvalue weighted by Gasteiger charge is 2.22. The number of hydrogen-bond donors (Lipinski definition) is 2. The molecule has 1 aliphatic rings. The van der Waals surface area contributed by atoms with Crippen LogP contribution in [0.4, 0.5) is 16.0 Å². The third-order valence-corrected chi connectivity index (χ3v) is 6.17. The van der Waals surface area contributed by atoms with Gasteiger partial charge >= 0.3 is 0 Å². The molecule has 0 fully saturated rings. The van der Waals surface area contributed by atoms with E-state index in [1.165, 1.54) is 17.5 Å². The van der Waals surface area contributed by atoms with E-state index in [0.717, 1.165) is 5.56 Å². The molecule has 1 aliphatic heterocycles. The van der Waals surface area contributed by atoms with Gasteiger partial charge in [-0.3, -0.25) is 5.10 Å². The number of sulfone groups is 1. The fraction of sp³-hybridized carbons (Fsp3) is 0.0500. The fourth-order valence-electron chi connectivity index (χ4n) is 3.34. The van der Waals surface area contributed by atoms with E-state index in [4.69, 9.17) is 0 Å². The van der Waals surface area contributed by atoms with Crippen LogP contribution >= 0.6 is 0 Å². The zero-order valence-electron chi connectivity index (χ0n) is 14.9. The van der Waals surface area contributed by atoms with Crippen LogP contribution in [0.25, 0.3) is 17.0 Å². The van der Waals surface area contributed by atoms with Crippen molar-refractivity contribution >= 4 is 38.5 Å². The van der Waals surface area contributed by atoms with Gasteiger partial charge in [0.25, 0.3) is 0 Å². The SMILES string of the molecule is O=S1(=O)C=Cc2c(Cc3nccc(Nc4n[nH]c5ccc(F)cc45)n3)cccc21. The van der Waals surface area contributed by atoms with Crippen LogP contribution in [0.5, 0.6) is 0 Å².